The van der Waals surface area contributed by atoms with Crippen molar-refractivity contribution in [3.05, 3.63) is 32.8 Å². The number of amides is 1. The number of benzene rings is 1. The number of carbonyl (C=O) groups excluding carboxylic acids is 1. The summed E-state index contributed by atoms with van der Waals surface area (Å²) in [6, 6.07) is 4.44. The molecule has 1 atom stereocenters. The van der Waals surface area contributed by atoms with Crippen LogP contribution in [0.2, 0.25) is 5.02 Å². The molecule has 7 nitrogen and oxygen atoms in total. The van der Waals surface area contributed by atoms with Gasteiger partial charge >= 0.3 is 0 Å². The second-order valence-corrected chi connectivity index (χ2v) is 4.93. The fraction of sp³-hybridized carbons (Fsp3) is 0.385. The maximum atomic E-state index is 12.4. The summed E-state index contributed by atoms with van der Waals surface area (Å²) in [5.41, 5.74) is 5.02. The molecule has 0 bridgehead atoms. The van der Waals surface area contributed by atoms with Gasteiger partial charge in [-0.1, -0.05) is 11.6 Å². The van der Waals surface area contributed by atoms with Crippen molar-refractivity contribution in [3.63, 3.8) is 0 Å². The highest BCUT2D eigenvalue weighted by molar-refractivity contribution is 6.34. The predicted molar refractivity (Wildman–Crippen MR) is 78.9 cm³/mol. The molecule has 0 fully saturated rings. The standard InChI is InChI=1S/C13H15ClN4O3/c1-3-17(7-8(2)6-15)13(19)9-4-10(14)12(16)11(5-9)18(20)21/h4-5,8H,3,7,16H2,1-2H3. The predicted octanol–water partition coefficient (Wildman–Crippen LogP) is 2.45. The van der Waals surface area contributed by atoms with Gasteiger partial charge in [-0.15, -0.1) is 0 Å². The van der Waals surface area contributed by atoms with Crippen molar-refractivity contribution in [3.8, 4) is 6.07 Å². The molecule has 112 valence electrons. The fourth-order valence-electron chi connectivity index (χ4n) is 1.79. The average molecular weight is 311 g/mol. The van der Waals surface area contributed by atoms with E-state index in [0.29, 0.717) is 6.54 Å². The Bertz CT molecular complexity index is 612. The van der Waals surface area contributed by atoms with E-state index in [1.54, 1.807) is 13.8 Å². The second-order valence-electron chi connectivity index (χ2n) is 4.52. The molecule has 0 aromatic heterocycles. The number of carbonyl (C=O) groups is 1. The Morgan fingerprint density at radius 1 is 1.62 bits per heavy atom. The Hall–Kier alpha value is -2.33. The van der Waals surface area contributed by atoms with E-state index in [9.17, 15) is 14.9 Å². The summed E-state index contributed by atoms with van der Waals surface area (Å²) in [6.07, 6.45) is 0. The molecule has 0 saturated heterocycles. The van der Waals surface area contributed by atoms with Crippen molar-refractivity contribution in [2.24, 2.45) is 5.92 Å². The fourth-order valence-corrected chi connectivity index (χ4v) is 2.00. The van der Waals surface area contributed by atoms with Gasteiger partial charge in [0.1, 0.15) is 5.69 Å². The topological polar surface area (TPSA) is 113 Å². The van der Waals surface area contributed by atoms with Crippen LogP contribution in [0.4, 0.5) is 11.4 Å². The molecule has 0 aliphatic heterocycles. The number of rotatable bonds is 5. The Labute approximate surface area is 127 Å². The summed E-state index contributed by atoms with van der Waals surface area (Å²) in [6.45, 7) is 4.06. The van der Waals surface area contributed by atoms with Gasteiger partial charge in [-0.25, -0.2) is 0 Å². The summed E-state index contributed by atoms with van der Waals surface area (Å²) in [5, 5.41) is 19.7. The van der Waals surface area contributed by atoms with E-state index in [1.807, 2.05) is 6.07 Å². The van der Waals surface area contributed by atoms with Gasteiger partial charge in [0.25, 0.3) is 11.6 Å². The lowest BCUT2D eigenvalue weighted by Crippen LogP contribution is -2.34. The number of hydrogen-bond donors (Lipinski definition) is 1. The molecular weight excluding hydrogens is 296 g/mol. The van der Waals surface area contributed by atoms with Crippen LogP contribution in [0.25, 0.3) is 0 Å². The molecule has 1 amide bonds. The van der Waals surface area contributed by atoms with Gasteiger partial charge in [0.05, 0.1) is 21.9 Å². The van der Waals surface area contributed by atoms with Crippen molar-refractivity contribution in [1.29, 1.82) is 5.26 Å². The van der Waals surface area contributed by atoms with E-state index in [0.717, 1.165) is 6.07 Å². The number of nitro groups is 1. The molecule has 0 aliphatic carbocycles. The van der Waals surface area contributed by atoms with E-state index in [-0.39, 0.29) is 28.7 Å². The SMILES string of the molecule is CCN(CC(C)C#N)C(=O)c1cc(Cl)c(N)c([N+](=O)[O-])c1. The number of nitro benzene ring substituents is 1. The maximum absolute atomic E-state index is 12.4. The van der Waals surface area contributed by atoms with Gasteiger partial charge in [0, 0.05) is 24.7 Å². The third kappa shape index (κ3) is 3.83. The van der Waals surface area contributed by atoms with Crippen LogP contribution in [0, 0.1) is 27.4 Å². The number of halogens is 1. The number of nitriles is 1. The van der Waals surface area contributed by atoms with Crippen LogP contribution in [0.5, 0.6) is 0 Å². The Kier molecular flexibility index (Phi) is 5.50. The Morgan fingerprint density at radius 2 is 2.24 bits per heavy atom. The van der Waals surface area contributed by atoms with Gasteiger partial charge in [-0.2, -0.15) is 5.26 Å². The van der Waals surface area contributed by atoms with E-state index < -0.39 is 16.5 Å². The minimum atomic E-state index is -0.688. The highest BCUT2D eigenvalue weighted by Gasteiger charge is 2.23. The first kappa shape index (κ1) is 16.7. The lowest BCUT2D eigenvalue weighted by molar-refractivity contribution is -0.383. The third-order valence-corrected chi connectivity index (χ3v) is 3.25. The van der Waals surface area contributed by atoms with E-state index in [1.165, 1.54) is 11.0 Å². The molecule has 0 spiro atoms. The third-order valence-electron chi connectivity index (χ3n) is 2.93. The quantitative estimate of drug-likeness (QED) is 0.509. The molecule has 0 saturated carbocycles. The van der Waals surface area contributed by atoms with Crippen molar-refractivity contribution in [1.82, 2.24) is 4.90 Å². The van der Waals surface area contributed by atoms with Crippen molar-refractivity contribution >= 4 is 28.9 Å². The molecular formula is C13H15ClN4O3. The number of nitrogens with two attached hydrogens (primary N) is 1. The first-order valence-electron chi connectivity index (χ1n) is 6.24. The average Bonchev–Trinajstić information content (AvgIpc) is 2.45. The number of nitrogens with zero attached hydrogens (tertiary/aromatic N) is 3. The molecule has 2 N–H and O–H groups in total. The highest BCUT2D eigenvalue weighted by atomic mass is 35.5. The van der Waals surface area contributed by atoms with E-state index >= 15 is 0 Å². The van der Waals surface area contributed by atoms with Crippen LogP contribution in [-0.2, 0) is 0 Å². The van der Waals surface area contributed by atoms with Crippen molar-refractivity contribution in [2.45, 2.75) is 13.8 Å². The summed E-state index contributed by atoms with van der Waals surface area (Å²) >= 11 is 5.84. The zero-order chi connectivity index (χ0) is 16.2. The van der Waals surface area contributed by atoms with Crippen LogP contribution in [-0.4, -0.2) is 28.8 Å². The molecule has 0 aliphatic rings. The first-order valence-corrected chi connectivity index (χ1v) is 6.61. The summed E-state index contributed by atoms with van der Waals surface area (Å²) in [4.78, 5) is 24.0. The van der Waals surface area contributed by atoms with Gasteiger partial charge in [-0.3, -0.25) is 14.9 Å². The smallest absolute Gasteiger partial charge is 0.294 e. The van der Waals surface area contributed by atoms with Crippen LogP contribution in [0.15, 0.2) is 12.1 Å². The van der Waals surface area contributed by atoms with Crippen LogP contribution in [0.3, 0.4) is 0 Å². The van der Waals surface area contributed by atoms with Gasteiger partial charge < -0.3 is 10.6 Å². The minimum Gasteiger partial charge on any atom is -0.392 e. The molecule has 0 heterocycles. The zero-order valence-corrected chi connectivity index (χ0v) is 12.4. The molecule has 1 aromatic carbocycles. The van der Waals surface area contributed by atoms with Gasteiger partial charge in [-0.05, 0) is 19.9 Å². The monoisotopic (exact) mass is 310 g/mol. The summed E-state index contributed by atoms with van der Waals surface area (Å²) < 4.78 is 0. The van der Waals surface area contributed by atoms with Gasteiger partial charge in [0.15, 0.2) is 0 Å². The first-order chi connectivity index (χ1) is 9.81. The van der Waals surface area contributed by atoms with Crippen LogP contribution in [0.1, 0.15) is 24.2 Å². The zero-order valence-electron chi connectivity index (χ0n) is 11.7. The molecule has 0 radical (unpaired) electrons. The summed E-state index contributed by atoms with van der Waals surface area (Å²) in [5.74, 6) is -0.766. The van der Waals surface area contributed by atoms with Crippen LogP contribution >= 0.6 is 11.6 Å². The normalized spacial score (nSPS) is 11.5. The summed E-state index contributed by atoms with van der Waals surface area (Å²) in [7, 11) is 0. The minimum absolute atomic E-state index is 0.0445. The lowest BCUT2D eigenvalue weighted by Gasteiger charge is -2.22. The molecule has 1 rings (SSSR count). The lowest BCUT2D eigenvalue weighted by atomic mass is 10.1. The molecule has 1 aromatic rings. The molecule has 21 heavy (non-hydrogen) atoms. The maximum Gasteiger partial charge on any atom is 0.294 e. The molecule has 8 heteroatoms. The van der Waals surface area contributed by atoms with Crippen molar-refractivity contribution < 1.29 is 9.72 Å². The Morgan fingerprint density at radius 3 is 2.71 bits per heavy atom. The Balaban J connectivity index is 3.18. The van der Waals surface area contributed by atoms with E-state index in [2.05, 4.69) is 0 Å². The number of nitrogen functional groups attached to an aromatic ring is 1. The van der Waals surface area contributed by atoms with E-state index in [4.69, 9.17) is 22.6 Å². The van der Waals surface area contributed by atoms with Crippen LogP contribution < -0.4 is 5.73 Å². The largest absolute Gasteiger partial charge is 0.392 e. The highest BCUT2D eigenvalue weighted by Crippen LogP contribution is 2.31. The van der Waals surface area contributed by atoms with Crippen molar-refractivity contribution in [2.75, 3.05) is 18.8 Å². The number of hydrogen-bond acceptors (Lipinski definition) is 5. The molecule has 1 unspecified atom stereocenters. The number of anilines is 1. The van der Waals surface area contributed by atoms with Gasteiger partial charge in [0.2, 0.25) is 0 Å². The second kappa shape index (κ2) is 6.90.